The molecule has 0 atom stereocenters. The number of nitrogens with one attached hydrogen (secondary N) is 1. The molecule has 6 nitrogen and oxygen atoms in total. The molecule has 1 heterocycles. The van der Waals surface area contributed by atoms with Crippen molar-refractivity contribution >= 4 is 17.5 Å². The Morgan fingerprint density at radius 3 is 2.55 bits per heavy atom. The Morgan fingerprint density at radius 2 is 1.90 bits per heavy atom. The fourth-order valence-corrected chi connectivity index (χ4v) is 1.58. The zero-order chi connectivity index (χ0) is 14.5. The fourth-order valence-electron chi connectivity index (χ4n) is 1.58. The van der Waals surface area contributed by atoms with E-state index in [9.17, 15) is 4.79 Å². The molecule has 0 spiro atoms. The molecule has 2 aromatic rings. The Balaban J connectivity index is 2.31. The summed E-state index contributed by atoms with van der Waals surface area (Å²) in [5.41, 5.74) is 0.997. The van der Waals surface area contributed by atoms with E-state index < -0.39 is 5.97 Å². The van der Waals surface area contributed by atoms with Crippen molar-refractivity contribution < 1.29 is 9.90 Å². The van der Waals surface area contributed by atoms with Gasteiger partial charge >= 0.3 is 5.97 Å². The number of hydrogen-bond acceptors (Lipinski definition) is 5. The van der Waals surface area contributed by atoms with Gasteiger partial charge in [0, 0.05) is 5.69 Å². The molecule has 2 rings (SSSR count). The summed E-state index contributed by atoms with van der Waals surface area (Å²) >= 11 is 0. The monoisotopic (exact) mass is 264 g/mol. The van der Waals surface area contributed by atoms with Crippen molar-refractivity contribution in [2.45, 2.75) is 0 Å². The third-order valence-electron chi connectivity index (χ3n) is 2.50. The van der Waals surface area contributed by atoms with Crippen LogP contribution in [0.3, 0.4) is 0 Å². The van der Waals surface area contributed by atoms with E-state index in [0.29, 0.717) is 11.5 Å². The molecule has 0 aliphatic rings. The summed E-state index contributed by atoms with van der Waals surface area (Å²) in [5.74, 6) is -0.773. The Bertz CT molecular complexity index is 756. The van der Waals surface area contributed by atoms with E-state index in [0.717, 1.165) is 0 Å². The van der Waals surface area contributed by atoms with Gasteiger partial charge in [-0.15, -0.1) is 0 Å². The summed E-state index contributed by atoms with van der Waals surface area (Å²) in [6.45, 7) is 0. The van der Waals surface area contributed by atoms with Gasteiger partial charge in [0.05, 0.1) is 11.1 Å². The summed E-state index contributed by atoms with van der Waals surface area (Å²) in [4.78, 5) is 14.7. The Hall–Kier alpha value is -3.38. The molecule has 1 aromatic heterocycles. The second-order valence-electron chi connectivity index (χ2n) is 3.82. The second kappa shape index (κ2) is 5.51. The van der Waals surface area contributed by atoms with Crippen LogP contribution in [0.25, 0.3) is 0 Å². The molecule has 0 aliphatic heterocycles. The maximum atomic E-state index is 10.8. The summed E-state index contributed by atoms with van der Waals surface area (Å²) in [6, 6.07) is 13.0. The number of anilines is 2. The van der Waals surface area contributed by atoms with Gasteiger partial charge in [-0.25, -0.2) is 9.78 Å². The molecule has 0 radical (unpaired) electrons. The number of aromatic nitrogens is 1. The maximum absolute atomic E-state index is 10.8. The van der Waals surface area contributed by atoms with E-state index in [1.165, 1.54) is 18.2 Å². The number of benzene rings is 1. The van der Waals surface area contributed by atoms with Crippen molar-refractivity contribution in [1.82, 2.24) is 4.98 Å². The van der Waals surface area contributed by atoms with Crippen LogP contribution < -0.4 is 5.32 Å². The number of nitriles is 2. The summed E-state index contributed by atoms with van der Waals surface area (Å²) in [6.07, 6.45) is 0. The largest absolute Gasteiger partial charge is 0.477 e. The first-order valence-corrected chi connectivity index (χ1v) is 5.55. The molecule has 0 unspecified atom stereocenters. The first-order chi connectivity index (χ1) is 9.63. The van der Waals surface area contributed by atoms with E-state index in [1.807, 2.05) is 12.1 Å². The van der Waals surface area contributed by atoms with Crippen LogP contribution >= 0.6 is 0 Å². The van der Waals surface area contributed by atoms with Crippen molar-refractivity contribution in [2.75, 3.05) is 5.32 Å². The van der Waals surface area contributed by atoms with Crippen molar-refractivity contribution in [3.8, 4) is 12.1 Å². The standard InChI is InChI=1S/C14H8N4O2/c15-7-9-4-5-11(6-10(9)8-16)17-13-3-1-2-12(18-13)14(19)20/h1-6H,(H,17,18)(H,19,20). The maximum Gasteiger partial charge on any atom is 0.354 e. The highest BCUT2D eigenvalue weighted by Crippen LogP contribution is 2.18. The zero-order valence-electron chi connectivity index (χ0n) is 10.2. The molecule has 2 N–H and O–H groups in total. The Morgan fingerprint density at radius 1 is 1.15 bits per heavy atom. The van der Waals surface area contributed by atoms with Gasteiger partial charge in [0.2, 0.25) is 0 Å². The lowest BCUT2D eigenvalue weighted by Gasteiger charge is -2.07. The molecule has 0 aliphatic carbocycles. The number of hydrogen-bond donors (Lipinski definition) is 2. The fraction of sp³-hybridized carbons (Fsp3) is 0. The first-order valence-electron chi connectivity index (χ1n) is 5.55. The van der Waals surface area contributed by atoms with Gasteiger partial charge in [-0.1, -0.05) is 6.07 Å². The number of carboxylic acid groups (broad SMARTS) is 1. The van der Waals surface area contributed by atoms with Crippen molar-refractivity contribution in [3.05, 3.63) is 53.2 Å². The molecule has 6 heteroatoms. The van der Waals surface area contributed by atoms with Crippen molar-refractivity contribution in [3.63, 3.8) is 0 Å². The molecule has 1 aromatic carbocycles. The molecule has 96 valence electrons. The quantitative estimate of drug-likeness (QED) is 0.879. The lowest BCUT2D eigenvalue weighted by atomic mass is 10.1. The van der Waals surface area contributed by atoms with Gasteiger partial charge in [-0.2, -0.15) is 10.5 Å². The highest BCUT2D eigenvalue weighted by Gasteiger charge is 2.07. The number of pyridine rings is 1. The van der Waals surface area contributed by atoms with Gasteiger partial charge in [0.15, 0.2) is 5.69 Å². The average Bonchev–Trinajstić information content (AvgIpc) is 2.47. The highest BCUT2D eigenvalue weighted by atomic mass is 16.4. The van der Waals surface area contributed by atoms with Crippen LogP contribution in [0, 0.1) is 22.7 Å². The molecule has 20 heavy (non-hydrogen) atoms. The second-order valence-corrected chi connectivity index (χ2v) is 3.82. The van der Waals surface area contributed by atoms with E-state index >= 15 is 0 Å². The van der Waals surface area contributed by atoms with Crippen molar-refractivity contribution in [2.24, 2.45) is 0 Å². The zero-order valence-corrected chi connectivity index (χ0v) is 10.2. The lowest BCUT2D eigenvalue weighted by Crippen LogP contribution is -2.02. The summed E-state index contributed by atoms with van der Waals surface area (Å²) in [5, 5.41) is 29.5. The Kier molecular flexibility index (Phi) is 3.60. The van der Waals surface area contributed by atoms with Crippen LogP contribution in [0.4, 0.5) is 11.5 Å². The van der Waals surface area contributed by atoms with E-state index in [2.05, 4.69) is 10.3 Å². The molecular weight excluding hydrogens is 256 g/mol. The van der Waals surface area contributed by atoms with Crippen LogP contribution in [0.1, 0.15) is 21.6 Å². The number of carbonyl (C=O) groups is 1. The van der Waals surface area contributed by atoms with Crippen LogP contribution in [-0.2, 0) is 0 Å². The summed E-state index contributed by atoms with van der Waals surface area (Å²) in [7, 11) is 0. The number of rotatable bonds is 3. The number of aromatic carboxylic acids is 1. The van der Waals surface area contributed by atoms with E-state index in [4.69, 9.17) is 15.6 Å². The predicted octanol–water partition coefficient (Wildman–Crippen LogP) is 2.27. The van der Waals surface area contributed by atoms with Gasteiger partial charge < -0.3 is 10.4 Å². The molecule has 0 fully saturated rings. The van der Waals surface area contributed by atoms with Crippen LogP contribution in [0.15, 0.2) is 36.4 Å². The summed E-state index contributed by atoms with van der Waals surface area (Å²) < 4.78 is 0. The first kappa shape index (κ1) is 13.1. The number of carboxylic acids is 1. The minimum atomic E-state index is -1.12. The highest BCUT2D eigenvalue weighted by molar-refractivity contribution is 5.85. The van der Waals surface area contributed by atoms with Gasteiger partial charge in [-0.3, -0.25) is 0 Å². The predicted molar refractivity (Wildman–Crippen MR) is 70.4 cm³/mol. The molecule has 0 bridgehead atoms. The lowest BCUT2D eigenvalue weighted by molar-refractivity contribution is 0.0690. The Labute approximate surface area is 114 Å². The molecule has 0 saturated heterocycles. The van der Waals surface area contributed by atoms with Crippen LogP contribution in [0.5, 0.6) is 0 Å². The minimum absolute atomic E-state index is 0.0795. The van der Waals surface area contributed by atoms with Gasteiger partial charge in [0.1, 0.15) is 18.0 Å². The van der Waals surface area contributed by atoms with Crippen LogP contribution in [0.2, 0.25) is 0 Å². The minimum Gasteiger partial charge on any atom is -0.477 e. The SMILES string of the molecule is N#Cc1ccc(Nc2cccc(C(=O)O)n2)cc1C#N. The smallest absolute Gasteiger partial charge is 0.354 e. The molecular formula is C14H8N4O2. The van der Waals surface area contributed by atoms with Crippen LogP contribution in [-0.4, -0.2) is 16.1 Å². The molecule has 0 saturated carbocycles. The normalized spacial score (nSPS) is 9.30. The van der Waals surface area contributed by atoms with Gasteiger partial charge in [-0.05, 0) is 30.3 Å². The van der Waals surface area contributed by atoms with E-state index in [-0.39, 0.29) is 16.8 Å². The third kappa shape index (κ3) is 2.71. The van der Waals surface area contributed by atoms with E-state index in [1.54, 1.807) is 18.2 Å². The van der Waals surface area contributed by atoms with Crippen molar-refractivity contribution in [1.29, 1.82) is 10.5 Å². The third-order valence-corrected chi connectivity index (χ3v) is 2.50. The molecule has 0 amide bonds. The topological polar surface area (TPSA) is 110 Å². The van der Waals surface area contributed by atoms with Gasteiger partial charge in [0.25, 0.3) is 0 Å². The number of nitrogens with zero attached hydrogens (tertiary/aromatic N) is 3. The average molecular weight is 264 g/mol.